The van der Waals surface area contributed by atoms with Gasteiger partial charge in [0, 0.05) is 23.5 Å². The van der Waals surface area contributed by atoms with Crippen LogP contribution in [0, 0.1) is 5.41 Å². The summed E-state index contributed by atoms with van der Waals surface area (Å²) in [5, 5.41) is 2.06. The number of primary amides is 1. The van der Waals surface area contributed by atoms with Crippen molar-refractivity contribution < 1.29 is 14.3 Å². The molecule has 1 unspecified atom stereocenters. The number of benzene rings is 2. The van der Waals surface area contributed by atoms with Crippen molar-refractivity contribution in [2.45, 2.75) is 19.3 Å². The molecule has 1 aliphatic rings. The average molecular weight is 435 g/mol. The molecule has 2 amide bonds. The normalized spacial score (nSPS) is 18.5. The Hall–Kier alpha value is -3.12. The first-order valence-electron chi connectivity index (χ1n) is 10.4. The SMILES string of the molecule is COc1cccc(C(=O)N2CCCC(Cc3ccc(-c4cccs4)cc3)(C(N)=O)C2)c1. The summed E-state index contributed by atoms with van der Waals surface area (Å²) in [6.07, 6.45) is 1.94. The monoisotopic (exact) mass is 434 g/mol. The number of thiophene rings is 1. The smallest absolute Gasteiger partial charge is 0.254 e. The van der Waals surface area contributed by atoms with Gasteiger partial charge in [-0.1, -0.05) is 36.4 Å². The first kappa shape index (κ1) is 21.1. The van der Waals surface area contributed by atoms with Gasteiger partial charge < -0.3 is 15.4 Å². The number of hydrogen-bond acceptors (Lipinski definition) is 4. The van der Waals surface area contributed by atoms with Gasteiger partial charge >= 0.3 is 0 Å². The van der Waals surface area contributed by atoms with Crippen LogP contribution in [0.1, 0.15) is 28.8 Å². The van der Waals surface area contributed by atoms with Crippen LogP contribution in [0.25, 0.3) is 10.4 Å². The highest BCUT2D eigenvalue weighted by Gasteiger charge is 2.42. The molecule has 1 aromatic heterocycles. The van der Waals surface area contributed by atoms with Crippen molar-refractivity contribution in [1.82, 2.24) is 4.90 Å². The topological polar surface area (TPSA) is 72.6 Å². The van der Waals surface area contributed by atoms with Crippen molar-refractivity contribution in [3.8, 4) is 16.2 Å². The highest BCUT2D eigenvalue weighted by atomic mass is 32.1. The Morgan fingerprint density at radius 2 is 1.94 bits per heavy atom. The van der Waals surface area contributed by atoms with Crippen LogP contribution in [0.4, 0.5) is 0 Å². The van der Waals surface area contributed by atoms with E-state index in [2.05, 4.69) is 35.7 Å². The van der Waals surface area contributed by atoms with Crippen molar-refractivity contribution in [1.29, 1.82) is 0 Å². The molecular weight excluding hydrogens is 408 g/mol. The minimum atomic E-state index is -0.767. The van der Waals surface area contributed by atoms with Crippen LogP contribution < -0.4 is 10.5 Å². The van der Waals surface area contributed by atoms with E-state index in [9.17, 15) is 9.59 Å². The van der Waals surface area contributed by atoms with Gasteiger partial charge in [0.15, 0.2) is 0 Å². The molecule has 1 fully saturated rings. The first-order valence-corrected chi connectivity index (χ1v) is 11.2. The van der Waals surface area contributed by atoms with Gasteiger partial charge in [-0.3, -0.25) is 9.59 Å². The molecule has 2 aromatic carbocycles. The van der Waals surface area contributed by atoms with Crippen LogP contribution in [0.2, 0.25) is 0 Å². The van der Waals surface area contributed by atoms with Crippen LogP contribution >= 0.6 is 11.3 Å². The summed E-state index contributed by atoms with van der Waals surface area (Å²) in [7, 11) is 1.58. The predicted molar refractivity (Wildman–Crippen MR) is 123 cm³/mol. The minimum Gasteiger partial charge on any atom is -0.497 e. The highest BCUT2D eigenvalue weighted by molar-refractivity contribution is 7.13. The molecule has 31 heavy (non-hydrogen) atoms. The fourth-order valence-corrected chi connectivity index (χ4v) is 5.03. The van der Waals surface area contributed by atoms with E-state index in [0.29, 0.717) is 37.2 Å². The van der Waals surface area contributed by atoms with Crippen molar-refractivity contribution in [3.05, 3.63) is 77.2 Å². The Morgan fingerprint density at radius 3 is 2.61 bits per heavy atom. The van der Waals surface area contributed by atoms with Gasteiger partial charge in [0.2, 0.25) is 5.91 Å². The third-order valence-corrected chi connectivity index (χ3v) is 6.92. The van der Waals surface area contributed by atoms with Gasteiger partial charge in [0.25, 0.3) is 5.91 Å². The van der Waals surface area contributed by atoms with Gasteiger partial charge in [0.1, 0.15) is 5.75 Å². The summed E-state index contributed by atoms with van der Waals surface area (Å²) < 4.78 is 5.24. The number of piperidine rings is 1. The summed E-state index contributed by atoms with van der Waals surface area (Å²) in [5.41, 5.74) is 7.91. The largest absolute Gasteiger partial charge is 0.497 e. The van der Waals surface area contributed by atoms with Gasteiger partial charge in [-0.15, -0.1) is 11.3 Å². The molecule has 1 aliphatic heterocycles. The summed E-state index contributed by atoms with van der Waals surface area (Å²) in [6, 6.07) is 19.5. The standard InChI is InChI=1S/C25H26N2O3S/c1-30-21-6-2-5-20(15-21)23(28)27-13-4-12-25(17-27,24(26)29)16-18-8-10-19(11-9-18)22-7-3-14-31-22/h2-3,5-11,14-15H,4,12-13,16-17H2,1H3,(H2,26,29). The second kappa shape index (κ2) is 8.94. The highest BCUT2D eigenvalue weighted by Crippen LogP contribution is 2.35. The molecule has 6 heteroatoms. The van der Waals surface area contributed by atoms with Crippen LogP contribution in [0.5, 0.6) is 5.75 Å². The quantitative estimate of drug-likeness (QED) is 0.626. The van der Waals surface area contributed by atoms with Crippen LogP contribution in [0.3, 0.4) is 0 Å². The van der Waals surface area contributed by atoms with E-state index in [1.54, 1.807) is 47.6 Å². The maximum Gasteiger partial charge on any atom is 0.254 e. The van der Waals surface area contributed by atoms with E-state index in [0.717, 1.165) is 17.5 Å². The fourth-order valence-electron chi connectivity index (χ4n) is 4.30. The number of nitrogens with zero attached hydrogens (tertiary/aromatic N) is 1. The lowest BCUT2D eigenvalue weighted by Gasteiger charge is -2.41. The molecular formula is C25H26N2O3S. The number of rotatable bonds is 6. The van der Waals surface area contributed by atoms with Gasteiger partial charge in [-0.25, -0.2) is 0 Å². The molecule has 1 saturated heterocycles. The van der Waals surface area contributed by atoms with E-state index in [1.807, 2.05) is 6.07 Å². The second-order valence-corrected chi connectivity index (χ2v) is 9.01. The number of carbonyl (C=O) groups excluding carboxylic acids is 2. The van der Waals surface area contributed by atoms with Crippen molar-refractivity contribution >= 4 is 23.2 Å². The number of methoxy groups -OCH3 is 1. The molecule has 160 valence electrons. The third kappa shape index (κ3) is 4.49. The number of amides is 2. The molecule has 0 spiro atoms. The van der Waals surface area contributed by atoms with Crippen molar-refractivity contribution in [2.75, 3.05) is 20.2 Å². The molecule has 4 rings (SSSR count). The lowest BCUT2D eigenvalue weighted by Crippen LogP contribution is -2.53. The Kier molecular flexibility index (Phi) is 6.09. The lowest BCUT2D eigenvalue weighted by molar-refractivity contribution is -0.130. The Bertz CT molecular complexity index is 1060. The molecule has 0 saturated carbocycles. The van der Waals surface area contributed by atoms with E-state index < -0.39 is 5.41 Å². The van der Waals surface area contributed by atoms with Gasteiger partial charge in [0.05, 0.1) is 12.5 Å². The number of carbonyl (C=O) groups is 2. The van der Waals surface area contributed by atoms with Gasteiger partial charge in [-0.05, 0) is 60.0 Å². The Balaban J connectivity index is 1.54. The molecule has 1 atom stereocenters. The Labute approximate surface area is 186 Å². The lowest BCUT2D eigenvalue weighted by atomic mass is 9.74. The average Bonchev–Trinajstić information content (AvgIpc) is 3.34. The molecule has 0 aliphatic carbocycles. The number of nitrogens with two attached hydrogens (primary N) is 1. The zero-order valence-corrected chi connectivity index (χ0v) is 18.4. The molecule has 2 N–H and O–H groups in total. The maximum absolute atomic E-state index is 13.1. The second-order valence-electron chi connectivity index (χ2n) is 8.06. The van der Waals surface area contributed by atoms with Crippen LogP contribution in [-0.2, 0) is 11.2 Å². The van der Waals surface area contributed by atoms with Crippen LogP contribution in [-0.4, -0.2) is 36.9 Å². The Morgan fingerprint density at radius 1 is 1.13 bits per heavy atom. The summed E-state index contributed by atoms with van der Waals surface area (Å²) in [6.45, 7) is 0.938. The van der Waals surface area contributed by atoms with E-state index in [4.69, 9.17) is 10.5 Å². The van der Waals surface area contributed by atoms with E-state index >= 15 is 0 Å². The molecule has 2 heterocycles. The summed E-state index contributed by atoms with van der Waals surface area (Å²) >= 11 is 1.70. The number of likely N-dealkylation sites (tertiary alicyclic amines) is 1. The number of hydrogen-bond donors (Lipinski definition) is 1. The maximum atomic E-state index is 13.1. The molecule has 3 aromatic rings. The zero-order valence-electron chi connectivity index (χ0n) is 17.5. The summed E-state index contributed by atoms with van der Waals surface area (Å²) in [4.78, 5) is 28.7. The predicted octanol–water partition coefficient (Wildman–Crippen LogP) is 4.37. The molecule has 0 bridgehead atoms. The fraction of sp³-hybridized carbons (Fsp3) is 0.280. The van der Waals surface area contributed by atoms with Gasteiger partial charge in [-0.2, -0.15) is 0 Å². The van der Waals surface area contributed by atoms with Crippen molar-refractivity contribution in [3.63, 3.8) is 0 Å². The third-order valence-electron chi connectivity index (χ3n) is 6.01. The first-order chi connectivity index (χ1) is 15.0. The van der Waals surface area contributed by atoms with E-state index in [-0.39, 0.29) is 11.8 Å². The molecule has 5 nitrogen and oxygen atoms in total. The van der Waals surface area contributed by atoms with Crippen molar-refractivity contribution in [2.24, 2.45) is 11.1 Å². The molecule has 0 radical (unpaired) electrons. The number of ether oxygens (including phenoxy) is 1. The minimum absolute atomic E-state index is 0.0998. The van der Waals surface area contributed by atoms with Crippen LogP contribution in [0.15, 0.2) is 66.0 Å². The van der Waals surface area contributed by atoms with E-state index in [1.165, 1.54) is 4.88 Å². The zero-order chi connectivity index (χ0) is 21.8. The summed E-state index contributed by atoms with van der Waals surface area (Å²) in [5.74, 6) is 0.185.